The number of methoxy groups -OCH3 is 1. The van der Waals surface area contributed by atoms with E-state index >= 15 is 0 Å². The van der Waals surface area contributed by atoms with Gasteiger partial charge in [0.1, 0.15) is 23.1 Å². The second-order valence-corrected chi connectivity index (χ2v) is 5.57. The van der Waals surface area contributed by atoms with Crippen molar-refractivity contribution in [2.45, 2.75) is 12.5 Å². The van der Waals surface area contributed by atoms with E-state index in [9.17, 15) is 19.7 Å². The number of allylic oxidation sites excluding steroid dienone is 4. The summed E-state index contributed by atoms with van der Waals surface area (Å²) in [5, 5.41) is 23.2. The molecule has 0 saturated carbocycles. The number of nitrogens with one attached hydrogen (secondary N) is 1. The van der Waals surface area contributed by atoms with Gasteiger partial charge in [-0.25, -0.2) is 4.79 Å². The molecule has 2 aliphatic rings. The molecule has 3 rings (SSSR count). The molecule has 0 bridgehead atoms. The van der Waals surface area contributed by atoms with Gasteiger partial charge in [-0.1, -0.05) is 12.1 Å². The largest absolute Gasteiger partial charge is 0.511 e. The highest BCUT2D eigenvalue weighted by atomic mass is 16.7. The topological polar surface area (TPSA) is 128 Å². The number of nitrogens with zero attached hydrogens (tertiary/aromatic N) is 1. The molecule has 1 atom stereocenters. The lowest BCUT2D eigenvalue weighted by atomic mass is 9.86. The lowest BCUT2D eigenvalue weighted by Gasteiger charge is -2.26. The number of fused-ring (bicyclic) bond motifs is 1. The van der Waals surface area contributed by atoms with Gasteiger partial charge in [-0.2, -0.15) is 0 Å². The van der Waals surface area contributed by atoms with Crippen LogP contribution in [0.2, 0.25) is 0 Å². The van der Waals surface area contributed by atoms with Crippen LogP contribution in [0.4, 0.5) is 4.79 Å². The third-order valence-electron chi connectivity index (χ3n) is 4.03. The van der Waals surface area contributed by atoms with Crippen molar-refractivity contribution in [2.24, 2.45) is 0 Å². The summed E-state index contributed by atoms with van der Waals surface area (Å²) in [5.74, 6) is 0.132. The van der Waals surface area contributed by atoms with Crippen molar-refractivity contribution in [1.29, 1.82) is 0 Å². The minimum absolute atomic E-state index is 0.0430. The maximum atomic E-state index is 12.4. The Hall–Kier alpha value is -3.62. The number of ether oxygens (including phenoxy) is 2. The van der Waals surface area contributed by atoms with E-state index in [4.69, 9.17) is 9.84 Å². The third kappa shape index (κ3) is 3.14. The molecule has 0 spiro atoms. The zero-order valence-electron chi connectivity index (χ0n) is 13.6. The predicted octanol–water partition coefficient (Wildman–Crippen LogP) is 2.31. The summed E-state index contributed by atoms with van der Waals surface area (Å²) in [7, 11) is 1.43. The summed E-state index contributed by atoms with van der Waals surface area (Å²) >= 11 is 0. The van der Waals surface area contributed by atoms with E-state index in [1.807, 2.05) is 0 Å². The molecular weight excluding hydrogens is 344 g/mol. The van der Waals surface area contributed by atoms with Crippen LogP contribution in [0.5, 0.6) is 5.75 Å². The molecule has 9 nitrogen and oxygen atoms in total. The van der Waals surface area contributed by atoms with Crippen molar-refractivity contribution in [3.8, 4) is 5.75 Å². The highest BCUT2D eigenvalue weighted by Gasteiger charge is 2.39. The number of benzene rings is 1. The Kier molecular flexibility index (Phi) is 4.44. The van der Waals surface area contributed by atoms with Crippen LogP contribution in [-0.2, 0) is 9.53 Å². The fourth-order valence-electron chi connectivity index (χ4n) is 2.92. The molecule has 134 valence electrons. The Labute approximate surface area is 147 Å². The molecule has 0 aromatic heterocycles. The zero-order chi connectivity index (χ0) is 18.8. The van der Waals surface area contributed by atoms with Crippen LogP contribution >= 0.6 is 0 Å². The fourth-order valence-corrected chi connectivity index (χ4v) is 2.92. The molecule has 9 heteroatoms. The van der Waals surface area contributed by atoms with Crippen molar-refractivity contribution < 1.29 is 29.1 Å². The molecule has 0 fully saturated rings. The summed E-state index contributed by atoms with van der Waals surface area (Å²) in [4.78, 5) is 34.1. The van der Waals surface area contributed by atoms with Crippen LogP contribution in [-0.4, -0.2) is 29.1 Å². The normalized spacial score (nSPS) is 19.0. The van der Waals surface area contributed by atoms with E-state index in [0.29, 0.717) is 16.9 Å². The Morgan fingerprint density at radius 3 is 2.62 bits per heavy atom. The van der Waals surface area contributed by atoms with Crippen molar-refractivity contribution >= 4 is 11.9 Å². The van der Waals surface area contributed by atoms with Crippen molar-refractivity contribution in [1.82, 2.24) is 5.32 Å². The third-order valence-corrected chi connectivity index (χ3v) is 4.03. The average molecular weight is 358 g/mol. The van der Waals surface area contributed by atoms with Gasteiger partial charge in [0.25, 0.3) is 5.70 Å². The fraction of sp³-hybridized carbons (Fsp3) is 0.176. The highest BCUT2D eigenvalue weighted by molar-refractivity contribution is 6.04. The van der Waals surface area contributed by atoms with Gasteiger partial charge in [-0.15, -0.1) is 0 Å². The van der Waals surface area contributed by atoms with Crippen LogP contribution in [0.3, 0.4) is 0 Å². The molecule has 1 unspecified atom stereocenters. The number of hydrogen-bond donors (Lipinski definition) is 2. The summed E-state index contributed by atoms with van der Waals surface area (Å²) in [6, 6.07) is 4.92. The Morgan fingerprint density at radius 1 is 1.35 bits per heavy atom. The number of ketones is 1. The van der Waals surface area contributed by atoms with E-state index in [0.717, 1.165) is 0 Å². The average Bonchev–Trinajstić information content (AvgIpc) is 2.60. The van der Waals surface area contributed by atoms with E-state index in [1.165, 1.54) is 37.6 Å². The first-order valence-corrected chi connectivity index (χ1v) is 7.54. The second kappa shape index (κ2) is 6.71. The monoisotopic (exact) mass is 358 g/mol. The summed E-state index contributed by atoms with van der Waals surface area (Å²) in [5.41, 5.74) is 0.676. The molecule has 1 heterocycles. The smallest absolute Gasteiger partial charge is 0.501 e. The lowest BCUT2D eigenvalue weighted by Crippen LogP contribution is -2.31. The summed E-state index contributed by atoms with van der Waals surface area (Å²) in [6.45, 7) is 0. The first-order chi connectivity index (χ1) is 12.4. The minimum Gasteiger partial charge on any atom is -0.501 e. The van der Waals surface area contributed by atoms with Crippen LogP contribution < -0.4 is 10.1 Å². The van der Waals surface area contributed by atoms with Gasteiger partial charge in [0.05, 0.1) is 18.5 Å². The van der Waals surface area contributed by atoms with Gasteiger partial charge in [0.15, 0.2) is 5.78 Å². The standard InChI is InChI=1S/C17H14N2O7/c1-25-12-6-10-8-18-15(16(19(23)24)14(10)13(20)7-12)9-2-4-11(5-3-9)26-17(21)22/h2-6,8,15,18H,7H2,1H3,(H,21,22). The van der Waals surface area contributed by atoms with Gasteiger partial charge in [-0.05, 0) is 23.8 Å². The predicted molar refractivity (Wildman–Crippen MR) is 87.8 cm³/mol. The Bertz CT molecular complexity index is 881. The van der Waals surface area contributed by atoms with Crippen LogP contribution in [0.1, 0.15) is 18.0 Å². The van der Waals surface area contributed by atoms with Crippen molar-refractivity contribution in [2.75, 3.05) is 7.11 Å². The van der Waals surface area contributed by atoms with E-state index in [1.54, 1.807) is 6.08 Å². The molecule has 26 heavy (non-hydrogen) atoms. The Balaban J connectivity index is 2.01. The van der Waals surface area contributed by atoms with Crippen molar-refractivity contribution in [3.63, 3.8) is 0 Å². The number of nitro groups is 1. The quantitative estimate of drug-likeness (QED) is 0.363. The minimum atomic E-state index is -1.46. The van der Waals surface area contributed by atoms with Gasteiger partial charge >= 0.3 is 6.16 Å². The molecule has 0 amide bonds. The van der Waals surface area contributed by atoms with Gasteiger partial charge < -0.3 is 19.9 Å². The van der Waals surface area contributed by atoms with E-state index < -0.39 is 17.1 Å². The van der Waals surface area contributed by atoms with E-state index in [-0.39, 0.29) is 29.2 Å². The van der Waals surface area contributed by atoms with Gasteiger partial charge in [0, 0.05) is 11.8 Å². The number of hydrogen-bond acceptors (Lipinski definition) is 7. The SMILES string of the molecule is COC1=CC2=CNC(c3ccc(OC(=O)O)cc3)C([N+](=O)[O-])=C2C(=O)C1. The first-order valence-electron chi connectivity index (χ1n) is 7.54. The van der Waals surface area contributed by atoms with Crippen LogP contribution in [0.15, 0.2) is 59.1 Å². The lowest BCUT2D eigenvalue weighted by molar-refractivity contribution is -0.432. The van der Waals surface area contributed by atoms with Gasteiger partial charge in [0.2, 0.25) is 0 Å². The van der Waals surface area contributed by atoms with Crippen molar-refractivity contribution in [3.05, 3.63) is 74.8 Å². The number of carboxylic acid groups (broad SMARTS) is 1. The number of carbonyl (C=O) groups excluding carboxylic acids is 1. The van der Waals surface area contributed by atoms with Crippen LogP contribution in [0, 0.1) is 10.1 Å². The summed E-state index contributed by atoms with van der Waals surface area (Å²) < 4.78 is 9.60. The van der Waals surface area contributed by atoms with Crippen LogP contribution in [0.25, 0.3) is 0 Å². The molecule has 0 saturated heterocycles. The number of dihydropyridines is 1. The van der Waals surface area contributed by atoms with E-state index in [2.05, 4.69) is 10.1 Å². The molecule has 2 N–H and O–H groups in total. The number of carbonyl (C=O) groups is 2. The maximum absolute atomic E-state index is 12.4. The zero-order valence-corrected chi connectivity index (χ0v) is 13.6. The Morgan fingerprint density at radius 2 is 2.04 bits per heavy atom. The molecule has 1 aromatic carbocycles. The molecule has 1 aliphatic heterocycles. The maximum Gasteiger partial charge on any atom is 0.511 e. The number of rotatable bonds is 4. The van der Waals surface area contributed by atoms with Gasteiger partial charge in [-0.3, -0.25) is 14.9 Å². The number of Topliss-reactive ketones (excluding diaryl/α,β-unsaturated/α-hetero) is 1. The summed E-state index contributed by atoms with van der Waals surface area (Å²) in [6.07, 6.45) is 1.62. The second-order valence-electron chi connectivity index (χ2n) is 5.57. The molecular formula is C17H14N2O7. The highest BCUT2D eigenvalue weighted by Crippen LogP contribution is 2.37. The molecule has 1 aliphatic carbocycles. The molecule has 1 aromatic rings. The first kappa shape index (κ1) is 17.2. The molecule has 0 radical (unpaired) electrons.